The van der Waals surface area contributed by atoms with Crippen molar-refractivity contribution in [3.05, 3.63) is 89.5 Å². The largest absolute Gasteiger partial charge is 0.497 e. The molecule has 4 nitrogen and oxygen atoms in total. The highest BCUT2D eigenvalue weighted by Gasteiger charge is 2.17. The van der Waals surface area contributed by atoms with Gasteiger partial charge in [0.15, 0.2) is 0 Å². The molecule has 0 saturated heterocycles. The zero-order valence-corrected chi connectivity index (χ0v) is 16.6. The number of hydrogen-bond acceptors (Lipinski definition) is 4. The van der Waals surface area contributed by atoms with Gasteiger partial charge in [-0.05, 0) is 61.4 Å². The average molecular weight is 383 g/mol. The Hall–Kier alpha value is -3.66. The number of rotatable bonds is 4. The van der Waals surface area contributed by atoms with Crippen LogP contribution in [0.5, 0.6) is 11.5 Å². The van der Waals surface area contributed by atoms with Gasteiger partial charge >= 0.3 is 5.97 Å². The molecule has 0 radical (unpaired) electrons. The summed E-state index contributed by atoms with van der Waals surface area (Å²) in [6.07, 6.45) is 0. The van der Waals surface area contributed by atoms with E-state index in [2.05, 4.69) is 0 Å². The number of para-hydroxylation sites is 2. The van der Waals surface area contributed by atoms with E-state index in [0.717, 1.165) is 33.3 Å². The van der Waals surface area contributed by atoms with Crippen molar-refractivity contribution < 1.29 is 14.3 Å². The number of aromatic nitrogens is 1. The summed E-state index contributed by atoms with van der Waals surface area (Å²) in [6, 6.07) is 22.8. The third-order valence-corrected chi connectivity index (χ3v) is 4.93. The zero-order valence-electron chi connectivity index (χ0n) is 16.6. The lowest BCUT2D eigenvalue weighted by Crippen LogP contribution is -2.11. The first-order valence-corrected chi connectivity index (χ1v) is 9.39. The fraction of sp³-hybridized carbons (Fsp3) is 0.120. The molecule has 0 N–H and O–H groups in total. The van der Waals surface area contributed by atoms with Gasteiger partial charge in [-0.1, -0.05) is 36.4 Å². The molecule has 0 unspecified atom stereocenters. The number of ether oxygens (including phenoxy) is 2. The van der Waals surface area contributed by atoms with Crippen LogP contribution < -0.4 is 9.47 Å². The number of carbonyl (C=O) groups excluding carboxylic acids is 1. The predicted molar refractivity (Wildman–Crippen MR) is 115 cm³/mol. The van der Waals surface area contributed by atoms with Gasteiger partial charge < -0.3 is 9.47 Å². The van der Waals surface area contributed by atoms with Crippen molar-refractivity contribution in [3.63, 3.8) is 0 Å². The lowest BCUT2D eigenvalue weighted by Gasteiger charge is -2.13. The van der Waals surface area contributed by atoms with Crippen molar-refractivity contribution in [2.24, 2.45) is 0 Å². The summed E-state index contributed by atoms with van der Waals surface area (Å²) in [4.78, 5) is 17.9. The molecule has 4 heteroatoms. The maximum Gasteiger partial charge on any atom is 0.344 e. The molecule has 3 aromatic carbocycles. The minimum absolute atomic E-state index is 0.393. The lowest BCUT2D eigenvalue weighted by molar-refractivity contribution is 0.0734. The second kappa shape index (κ2) is 7.76. The predicted octanol–water partition coefficient (Wildman–Crippen LogP) is 5.75. The topological polar surface area (TPSA) is 48.4 Å². The van der Waals surface area contributed by atoms with Crippen LogP contribution in [0.1, 0.15) is 21.5 Å². The van der Waals surface area contributed by atoms with Crippen LogP contribution in [-0.4, -0.2) is 18.1 Å². The third-order valence-electron chi connectivity index (χ3n) is 4.93. The van der Waals surface area contributed by atoms with Crippen LogP contribution in [0.3, 0.4) is 0 Å². The Balaban J connectivity index is 1.81. The van der Waals surface area contributed by atoms with E-state index in [4.69, 9.17) is 14.5 Å². The number of benzene rings is 3. The van der Waals surface area contributed by atoms with Gasteiger partial charge in [-0.15, -0.1) is 0 Å². The highest BCUT2D eigenvalue weighted by Crippen LogP contribution is 2.29. The van der Waals surface area contributed by atoms with Crippen LogP contribution in [-0.2, 0) is 0 Å². The van der Waals surface area contributed by atoms with Gasteiger partial charge in [0.1, 0.15) is 11.5 Å². The molecule has 4 rings (SSSR count). The summed E-state index contributed by atoms with van der Waals surface area (Å²) >= 11 is 0. The summed E-state index contributed by atoms with van der Waals surface area (Å²) in [5.41, 5.74) is 4.69. The molecule has 0 spiro atoms. The van der Waals surface area contributed by atoms with E-state index in [1.54, 1.807) is 13.2 Å². The summed E-state index contributed by atoms with van der Waals surface area (Å²) in [6.45, 7) is 3.87. The molecular weight excluding hydrogens is 362 g/mol. The van der Waals surface area contributed by atoms with E-state index < -0.39 is 5.97 Å². The van der Waals surface area contributed by atoms with Crippen LogP contribution in [0.25, 0.3) is 22.2 Å². The van der Waals surface area contributed by atoms with Gasteiger partial charge in [-0.3, -0.25) is 0 Å². The highest BCUT2D eigenvalue weighted by atomic mass is 16.5. The average Bonchev–Trinajstić information content (AvgIpc) is 2.75. The number of hydrogen-bond donors (Lipinski definition) is 0. The van der Waals surface area contributed by atoms with Gasteiger partial charge in [0.25, 0.3) is 0 Å². The van der Waals surface area contributed by atoms with Crippen LogP contribution in [0.4, 0.5) is 0 Å². The maximum atomic E-state index is 13.1. The Morgan fingerprint density at radius 3 is 2.24 bits per heavy atom. The van der Waals surface area contributed by atoms with Crippen LogP contribution in [0.2, 0.25) is 0 Å². The highest BCUT2D eigenvalue weighted by molar-refractivity contribution is 6.05. The minimum atomic E-state index is -0.393. The Labute approximate surface area is 169 Å². The fourth-order valence-electron chi connectivity index (χ4n) is 3.36. The van der Waals surface area contributed by atoms with Gasteiger partial charge in [0.2, 0.25) is 0 Å². The molecule has 0 bridgehead atoms. The van der Waals surface area contributed by atoms with E-state index in [1.807, 2.05) is 80.6 Å². The number of pyridine rings is 1. The van der Waals surface area contributed by atoms with Crippen molar-refractivity contribution in [2.75, 3.05) is 7.11 Å². The second-order valence-electron chi connectivity index (χ2n) is 6.91. The number of methoxy groups -OCH3 is 1. The molecule has 29 heavy (non-hydrogen) atoms. The second-order valence-corrected chi connectivity index (χ2v) is 6.91. The van der Waals surface area contributed by atoms with Crippen LogP contribution in [0.15, 0.2) is 72.8 Å². The Morgan fingerprint density at radius 2 is 1.55 bits per heavy atom. The number of nitrogens with zero attached hydrogens (tertiary/aromatic N) is 1. The summed E-state index contributed by atoms with van der Waals surface area (Å²) < 4.78 is 11.0. The molecule has 0 amide bonds. The van der Waals surface area contributed by atoms with Crippen molar-refractivity contribution >= 4 is 16.9 Å². The van der Waals surface area contributed by atoms with E-state index in [0.29, 0.717) is 17.0 Å². The normalized spacial score (nSPS) is 10.7. The van der Waals surface area contributed by atoms with Gasteiger partial charge in [-0.25, -0.2) is 9.78 Å². The summed E-state index contributed by atoms with van der Waals surface area (Å²) in [5.74, 6) is 0.976. The van der Waals surface area contributed by atoms with E-state index >= 15 is 0 Å². The first-order chi connectivity index (χ1) is 14.1. The summed E-state index contributed by atoms with van der Waals surface area (Å²) in [7, 11) is 1.63. The molecular formula is C25H21NO3. The molecule has 1 aromatic heterocycles. The number of esters is 1. The van der Waals surface area contributed by atoms with E-state index in [1.165, 1.54) is 0 Å². The molecule has 4 aromatic rings. The van der Waals surface area contributed by atoms with Crippen molar-refractivity contribution in [2.45, 2.75) is 13.8 Å². The van der Waals surface area contributed by atoms with Gasteiger partial charge in [0, 0.05) is 10.9 Å². The standard InChI is InChI=1S/C25H21NO3/c1-16-7-6-8-17(2)24(16)29-25(27)21-15-23(18-11-13-19(28-3)14-12-18)26-22-10-5-4-9-20(21)22/h4-15H,1-3H3. The van der Waals surface area contributed by atoms with Gasteiger partial charge in [0.05, 0.1) is 23.9 Å². The third kappa shape index (κ3) is 3.69. The first-order valence-electron chi connectivity index (χ1n) is 9.39. The minimum Gasteiger partial charge on any atom is -0.497 e. The Morgan fingerprint density at radius 1 is 0.862 bits per heavy atom. The Bertz CT molecular complexity index is 1180. The number of aryl methyl sites for hydroxylation is 2. The van der Waals surface area contributed by atoms with E-state index in [9.17, 15) is 4.79 Å². The zero-order chi connectivity index (χ0) is 20.4. The van der Waals surface area contributed by atoms with Crippen LogP contribution in [0, 0.1) is 13.8 Å². The Kier molecular flexibility index (Phi) is 5.00. The number of carbonyl (C=O) groups is 1. The molecule has 0 saturated carbocycles. The maximum absolute atomic E-state index is 13.1. The number of fused-ring (bicyclic) bond motifs is 1. The van der Waals surface area contributed by atoms with Crippen molar-refractivity contribution in [1.82, 2.24) is 4.98 Å². The van der Waals surface area contributed by atoms with Gasteiger partial charge in [-0.2, -0.15) is 0 Å². The molecule has 0 atom stereocenters. The lowest BCUT2D eigenvalue weighted by atomic mass is 10.0. The molecule has 0 aliphatic carbocycles. The smallest absolute Gasteiger partial charge is 0.344 e. The molecule has 144 valence electrons. The summed E-state index contributed by atoms with van der Waals surface area (Å²) in [5, 5.41) is 0.765. The monoisotopic (exact) mass is 383 g/mol. The SMILES string of the molecule is COc1ccc(-c2cc(C(=O)Oc3c(C)cccc3C)c3ccccc3n2)cc1. The van der Waals surface area contributed by atoms with E-state index in [-0.39, 0.29) is 0 Å². The molecule has 1 heterocycles. The van der Waals surface area contributed by atoms with Crippen molar-refractivity contribution in [1.29, 1.82) is 0 Å². The van der Waals surface area contributed by atoms with Crippen molar-refractivity contribution in [3.8, 4) is 22.8 Å². The first kappa shape index (κ1) is 18.7. The molecule has 0 aliphatic rings. The quantitative estimate of drug-likeness (QED) is 0.333. The molecule has 0 fully saturated rings. The molecule has 0 aliphatic heterocycles. The van der Waals surface area contributed by atoms with Crippen LogP contribution >= 0.6 is 0 Å². The fourth-order valence-corrected chi connectivity index (χ4v) is 3.36.